The molecular weight excluding hydrogens is 246 g/mol. The van der Waals surface area contributed by atoms with E-state index >= 15 is 0 Å². The van der Waals surface area contributed by atoms with Gasteiger partial charge in [-0.3, -0.25) is 0 Å². The molecule has 1 aromatic rings. The van der Waals surface area contributed by atoms with Gasteiger partial charge in [0.2, 0.25) is 0 Å². The Morgan fingerprint density at radius 2 is 1.94 bits per heavy atom. The van der Waals surface area contributed by atoms with Crippen LogP contribution in [0.5, 0.6) is 0 Å². The Bertz CT molecular complexity index is 423. The van der Waals surface area contributed by atoms with E-state index in [1.807, 2.05) is 12.1 Å². The molecule has 0 aromatic heterocycles. The Hall–Kier alpha value is -0.730. The Labute approximate surface area is 114 Å². The molecule has 1 aliphatic heterocycles. The highest BCUT2D eigenvalue weighted by Gasteiger charge is 2.31. The van der Waals surface area contributed by atoms with Crippen molar-refractivity contribution in [1.29, 1.82) is 0 Å². The number of hydrogen-bond acceptors (Lipinski definition) is 2. The molecule has 98 valence electrons. The first kappa shape index (κ1) is 12.3. The normalized spacial score (nSPS) is 27.3. The van der Waals surface area contributed by atoms with Crippen LogP contribution < -0.4 is 4.90 Å². The molecule has 2 atom stereocenters. The quantitative estimate of drug-likeness (QED) is 0.885. The second-order valence-electron chi connectivity index (χ2n) is 5.75. The van der Waals surface area contributed by atoms with E-state index < -0.39 is 0 Å². The molecule has 1 N–H and O–H groups in total. The number of aliphatic hydroxyl groups excluding tert-OH is 1. The fraction of sp³-hybridized carbons (Fsp3) is 0.600. The maximum Gasteiger partial charge on any atom is 0.0682 e. The predicted molar refractivity (Wildman–Crippen MR) is 75.0 cm³/mol. The highest BCUT2D eigenvalue weighted by atomic mass is 35.5. The van der Waals surface area contributed by atoms with Crippen LogP contribution in [-0.4, -0.2) is 18.2 Å². The van der Waals surface area contributed by atoms with Gasteiger partial charge in [-0.1, -0.05) is 24.1 Å². The third-order valence-corrected chi connectivity index (χ3v) is 4.69. The maximum absolute atomic E-state index is 9.12. The number of piperidine rings is 1. The fourth-order valence-corrected chi connectivity index (χ4v) is 3.86. The van der Waals surface area contributed by atoms with E-state index in [2.05, 4.69) is 11.0 Å². The van der Waals surface area contributed by atoms with Crippen molar-refractivity contribution in [2.75, 3.05) is 18.0 Å². The van der Waals surface area contributed by atoms with Crippen molar-refractivity contribution in [2.45, 2.75) is 32.3 Å². The van der Waals surface area contributed by atoms with Crippen molar-refractivity contribution in [1.82, 2.24) is 0 Å². The summed E-state index contributed by atoms with van der Waals surface area (Å²) in [5.41, 5.74) is 2.03. The van der Waals surface area contributed by atoms with Crippen LogP contribution in [0.2, 0.25) is 5.02 Å². The van der Waals surface area contributed by atoms with Gasteiger partial charge in [0.25, 0.3) is 0 Å². The monoisotopic (exact) mass is 265 g/mol. The molecule has 3 rings (SSSR count). The zero-order valence-electron chi connectivity index (χ0n) is 10.6. The molecule has 1 saturated heterocycles. The molecule has 3 heteroatoms. The van der Waals surface area contributed by atoms with Gasteiger partial charge >= 0.3 is 0 Å². The number of anilines is 1. The molecular formula is C15H20ClNO. The number of halogens is 1. The molecule has 2 fully saturated rings. The van der Waals surface area contributed by atoms with Crippen molar-refractivity contribution in [2.24, 2.45) is 11.8 Å². The molecule has 1 aromatic carbocycles. The number of benzene rings is 1. The Morgan fingerprint density at radius 1 is 1.22 bits per heavy atom. The number of fused-ring (bicyclic) bond motifs is 2. The topological polar surface area (TPSA) is 23.5 Å². The van der Waals surface area contributed by atoms with Crippen molar-refractivity contribution in [3.63, 3.8) is 0 Å². The standard InChI is InChI=1S/C15H20ClNO/c16-14-7-13(10-18)4-5-15(14)17-8-11-2-1-3-12(6-11)9-17/h4-5,7,11-12,18H,1-3,6,8-10H2. The summed E-state index contributed by atoms with van der Waals surface area (Å²) in [6.45, 7) is 2.36. The van der Waals surface area contributed by atoms with Crippen LogP contribution in [0, 0.1) is 11.8 Å². The highest BCUT2D eigenvalue weighted by Crippen LogP contribution is 2.38. The Kier molecular flexibility index (Phi) is 3.49. The van der Waals surface area contributed by atoms with Gasteiger partial charge in [-0.2, -0.15) is 0 Å². The minimum Gasteiger partial charge on any atom is -0.392 e. The fourth-order valence-electron chi connectivity index (χ4n) is 3.53. The molecule has 1 heterocycles. The molecule has 2 nitrogen and oxygen atoms in total. The van der Waals surface area contributed by atoms with Crippen LogP contribution in [0.25, 0.3) is 0 Å². The predicted octanol–water partition coefficient (Wildman–Crippen LogP) is 3.46. The van der Waals surface area contributed by atoms with E-state index in [1.165, 1.54) is 25.7 Å². The van der Waals surface area contributed by atoms with E-state index in [0.29, 0.717) is 0 Å². The van der Waals surface area contributed by atoms with Gasteiger partial charge < -0.3 is 10.0 Å². The van der Waals surface area contributed by atoms with E-state index in [1.54, 1.807) is 0 Å². The molecule has 0 amide bonds. The summed E-state index contributed by atoms with van der Waals surface area (Å²) in [6.07, 6.45) is 5.56. The molecule has 2 aliphatic rings. The first-order valence-corrected chi connectivity index (χ1v) is 7.28. The van der Waals surface area contributed by atoms with Crippen molar-refractivity contribution < 1.29 is 5.11 Å². The lowest BCUT2D eigenvalue weighted by Gasteiger charge is -2.42. The highest BCUT2D eigenvalue weighted by molar-refractivity contribution is 6.33. The number of hydrogen-bond donors (Lipinski definition) is 1. The molecule has 2 bridgehead atoms. The van der Waals surface area contributed by atoms with Crippen molar-refractivity contribution in [3.8, 4) is 0 Å². The van der Waals surface area contributed by atoms with E-state index in [-0.39, 0.29) is 6.61 Å². The minimum atomic E-state index is 0.0608. The summed E-state index contributed by atoms with van der Waals surface area (Å²) in [7, 11) is 0. The Balaban J connectivity index is 1.82. The van der Waals surface area contributed by atoms with Gasteiger partial charge in [-0.05, 0) is 48.8 Å². The molecule has 2 unspecified atom stereocenters. The maximum atomic E-state index is 9.12. The molecule has 1 aliphatic carbocycles. The summed E-state index contributed by atoms with van der Waals surface area (Å²) < 4.78 is 0. The second-order valence-corrected chi connectivity index (χ2v) is 6.15. The molecule has 1 saturated carbocycles. The zero-order chi connectivity index (χ0) is 12.5. The molecule has 0 radical (unpaired) electrons. The van der Waals surface area contributed by atoms with Crippen LogP contribution in [0.15, 0.2) is 18.2 Å². The molecule has 0 spiro atoms. The number of aliphatic hydroxyl groups is 1. The van der Waals surface area contributed by atoms with Crippen molar-refractivity contribution >= 4 is 17.3 Å². The lowest BCUT2D eigenvalue weighted by Crippen LogP contribution is -2.42. The van der Waals surface area contributed by atoms with E-state index in [4.69, 9.17) is 16.7 Å². The lowest BCUT2D eigenvalue weighted by molar-refractivity contribution is 0.231. The third kappa shape index (κ3) is 2.36. The summed E-state index contributed by atoms with van der Waals surface area (Å²) >= 11 is 6.35. The van der Waals surface area contributed by atoms with Gasteiger partial charge in [-0.25, -0.2) is 0 Å². The first-order chi connectivity index (χ1) is 8.76. The van der Waals surface area contributed by atoms with E-state index in [9.17, 15) is 0 Å². The SMILES string of the molecule is OCc1ccc(N2CC3CCCC(C3)C2)c(Cl)c1. The smallest absolute Gasteiger partial charge is 0.0682 e. The van der Waals surface area contributed by atoms with Crippen LogP contribution in [0.3, 0.4) is 0 Å². The average molecular weight is 266 g/mol. The van der Waals surface area contributed by atoms with Crippen LogP contribution in [0.4, 0.5) is 5.69 Å². The van der Waals surface area contributed by atoms with Crippen LogP contribution in [-0.2, 0) is 6.61 Å². The minimum absolute atomic E-state index is 0.0608. The van der Waals surface area contributed by atoms with Gasteiger partial charge in [0.15, 0.2) is 0 Å². The summed E-state index contributed by atoms with van der Waals surface area (Å²) in [5.74, 6) is 1.71. The summed E-state index contributed by atoms with van der Waals surface area (Å²) in [5, 5.41) is 9.90. The largest absolute Gasteiger partial charge is 0.392 e. The second kappa shape index (κ2) is 5.10. The Morgan fingerprint density at radius 3 is 2.56 bits per heavy atom. The zero-order valence-corrected chi connectivity index (χ0v) is 11.4. The van der Waals surface area contributed by atoms with Gasteiger partial charge in [0.1, 0.15) is 0 Å². The van der Waals surface area contributed by atoms with E-state index in [0.717, 1.165) is 41.2 Å². The van der Waals surface area contributed by atoms with Gasteiger partial charge in [0.05, 0.1) is 17.3 Å². The van der Waals surface area contributed by atoms with Crippen molar-refractivity contribution in [3.05, 3.63) is 28.8 Å². The van der Waals surface area contributed by atoms with Gasteiger partial charge in [0, 0.05) is 13.1 Å². The average Bonchev–Trinajstić information content (AvgIpc) is 2.38. The first-order valence-electron chi connectivity index (χ1n) is 6.90. The molecule has 18 heavy (non-hydrogen) atoms. The number of rotatable bonds is 2. The van der Waals surface area contributed by atoms with Crippen LogP contribution in [0.1, 0.15) is 31.2 Å². The summed E-state index contributed by atoms with van der Waals surface area (Å²) in [4.78, 5) is 2.45. The van der Waals surface area contributed by atoms with Crippen LogP contribution >= 0.6 is 11.6 Å². The third-order valence-electron chi connectivity index (χ3n) is 4.38. The van der Waals surface area contributed by atoms with Gasteiger partial charge in [-0.15, -0.1) is 0 Å². The summed E-state index contributed by atoms with van der Waals surface area (Å²) in [6, 6.07) is 5.93. The number of nitrogens with zero attached hydrogens (tertiary/aromatic N) is 1. The lowest BCUT2D eigenvalue weighted by atomic mass is 9.78.